The summed E-state index contributed by atoms with van der Waals surface area (Å²) in [5.74, 6) is -0.623. The molecule has 114 valence electrons. The molecule has 1 aromatic carbocycles. The van der Waals surface area contributed by atoms with Crippen LogP contribution in [0.2, 0.25) is 10.0 Å². The maximum atomic E-state index is 12.7. The lowest BCUT2D eigenvalue weighted by Crippen LogP contribution is -2.21. The highest BCUT2D eigenvalue weighted by Crippen LogP contribution is 2.38. The van der Waals surface area contributed by atoms with E-state index in [0.29, 0.717) is 17.0 Å². The molecule has 0 aliphatic heterocycles. The maximum Gasteiger partial charge on any atom is 0.374 e. The van der Waals surface area contributed by atoms with Gasteiger partial charge in [-0.15, -0.1) is 0 Å². The number of fused-ring (bicyclic) bond motifs is 1. The van der Waals surface area contributed by atoms with Crippen molar-refractivity contribution in [1.82, 2.24) is 9.55 Å². The summed E-state index contributed by atoms with van der Waals surface area (Å²) in [4.78, 5) is 28.6. The SMILES string of the molecule is CCOC(=O)c1nccn1C1Cc2ccc(Cl)c(Cl)c2C1=O. The fourth-order valence-corrected chi connectivity index (χ4v) is 3.07. The minimum atomic E-state index is -0.562. The molecule has 3 rings (SSSR count). The molecule has 5 nitrogen and oxygen atoms in total. The Morgan fingerprint density at radius 1 is 1.45 bits per heavy atom. The number of aromatic nitrogens is 2. The lowest BCUT2D eigenvalue weighted by atomic mass is 10.1. The largest absolute Gasteiger partial charge is 0.460 e. The smallest absolute Gasteiger partial charge is 0.374 e. The first-order valence-electron chi connectivity index (χ1n) is 6.75. The van der Waals surface area contributed by atoms with Gasteiger partial charge in [0.1, 0.15) is 6.04 Å². The predicted molar refractivity (Wildman–Crippen MR) is 81.7 cm³/mol. The Hall–Kier alpha value is -1.85. The Labute approximate surface area is 136 Å². The fraction of sp³-hybridized carbons (Fsp3) is 0.267. The van der Waals surface area contributed by atoms with Gasteiger partial charge in [0.05, 0.1) is 16.7 Å². The van der Waals surface area contributed by atoms with Crippen LogP contribution in [0.4, 0.5) is 0 Å². The van der Waals surface area contributed by atoms with Crippen LogP contribution in [0, 0.1) is 0 Å². The molecule has 7 heteroatoms. The lowest BCUT2D eigenvalue weighted by Gasteiger charge is -2.13. The van der Waals surface area contributed by atoms with Crippen molar-refractivity contribution < 1.29 is 14.3 Å². The van der Waals surface area contributed by atoms with Gasteiger partial charge in [0, 0.05) is 24.4 Å². The molecule has 0 spiro atoms. The number of Topliss-reactive ketones (excluding diaryl/α,β-unsaturated/α-hetero) is 1. The van der Waals surface area contributed by atoms with Gasteiger partial charge in [-0.1, -0.05) is 29.3 Å². The summed E-state index contributed by atoms with van der Waals surface area (Å²) in [6.07, 6.45) is 3.50. The maximum absolute atomic E-state index is 12.7. The van der Waals surface area contributed by atoms with Crippen molar-refractivity contribution in [3.8, 4) is 0 Å². The van der Waals surface area contributed by atoms with E-state index in [-0.39, 0.29) is 23.2 Å². The van der Waals surface area contributed by atoms with Crippen LogP contribution in [0.15, 0.2) is 24.5 Å². The number of nitrogens with zero attached hydrogens (tertiary/aromatic N) is 2. The number of rotatable bonds is 3. The molecule has 0 bridgehead atoms. The summed E-state index contributed by atoms with van der Waals surface area (Å²) in [7, 11) is 0. The molecule has 1 aromatic heterocycles. The highest BCUT2D eigenvalue weighted by molar-refractivity contribution is 6.44. The second kappa shape index (κ2) is 5.74. The number of imidazole rings is 1. The molecule has 1 aliphatic carbocycles. The molecular weight excluding hydrogens is 327 g/mol. The van der Waals surface area contributed by atoms with Crippen molar-refractivity contribution in [3.05, 3.63) is 51.5 Å². The Balaban J connectivity index is 2.00. The van der Waals surface area contributed by atoms with Gasteiger partial charge >= 0.3 is 5.97 Å². The predicted octanol–water partition coefficient (Wildman–Crippen LogP) is 3.35. The van der Waals surface area contributed by atoms with E-state index in [1.54, 1.807) is 25.3 Å². The molecular formula is C15H12Cl2N2O3. The number of esters is 1. The number of benzene rings is 1. The number of ether oxygens (including phenoxy) is 1. The molecule has 0 amide bonds. The van der Waals surface area contributed by atoms with Crippen LogP contribution in [0.25, 0.3) is 0 Å². The Morgan fingerprint density at radius 3 is 2.95 bits per heavy atom. The van der Waals surface area contributed by atoms with Crippen LogP contribution in [-0.2, 0) is 11.2 Å². The molecule has 0 saturated carbocycles. The van der Waals surface area contributed by atoms with Crippen LogP contribution >= 0.6 is 23.2 Å². The van der Waals surface area contributed by atoms with E-state index in [0.717, 1.165) is 5.56 Å². The van der Waals surface area contributed by atoms with E-state index in [2.05, 4.69) is 4.98 Å². The molecule has 1 heterocycles. The zero-order valence-corrected chi connectivity index (χ0v) is 13.2. The Bertz CT molecular complexity index is 770. The van der Waals surface area contributed by atoms with Gasteiger partial charge in [0.2, 0.25) is 5.82 Å². The first-order chi connectivity index (χ1) is 10.5. The average Bonchev–Trinajstić information content (AvgIpc) is 3.08. The fourth-order valence-electron chi connectivity index (χ4n) is 2.64. The first-order valence-corrected chi connectivity index (χ1v) is 7.51. The second-order valence-corrected chi connectivity index (χ2v) is 5.64. The van der Waals surface area contributed by atoms with Gasteiger partial charge in [-0.05, 0) is 18.6 Å². The second-order valence-electron chi connectivity index (χ2n) is 4.86. The van der Waals surface area contributed by atoms with Crippen molar-refractivity contribution in [3.63, 3.8) is 0 Å². The lowest BCUT2D eigenvalue weighted by molar-refractivity contribution is 0.0504. The third-order valence-electron chi connectivity index (χ3n) is 3.61. The van der Waals surface area contributed by atoms with Crippen LogP contribution < -0.4 is 0 Å². The van der Waals surface area contributed by atoms with Crippen LogP contribution in [0.5, 0.6) is 0 Å². The van der Waals surface area contributed by atoms with Gasteiger partial charge in [0.25, 0.3) is 0 Å². The summed E-state index contributed by atoms with van der Waals surface area (Å²) >= 11 is 12.1. The van der Waals surface area contributed by atoms with E-state index in [1.807, 2.05) is 0 Å². The number of carbonyl (C=O) groups is 2. The molecule has 0 saturated heterocycles. The number of ketones is 1. The van der Waals surface area contributed by atoms with Gasteiger partial charge < -0.3 is 9.30 Å². The monoisotopic (exact) mass is 338 g/mol. The standard InChI is InChI=1S/C15H12Cl2N2O3/c1-2-22-15(21)14-18-5-6-19(14)10-7-8-3-4-9(16)12(17)11(8)13(10)20/h3-6,10H,2,7H2,1H3. The molecule has 2 aromatic rings. The number of hydrogen-bond donors (Lipinski definition) is 0. The zero-order valence-electron chi connectivity index (χ0n) is 11.7. The summed E-state index contributed by atoms with van der Waals surface area (Å²) in [5, 5.41) is 0.593. The van der Waals surface area contributed by atoms with E-state index < -0.39 is 12.0 Å². The molecule has 1 atom stereocenters. The Morgan fingerprint density at radius 2 is 2.23 bits per heavy atom. The van der Waals surface area contributed by atoms with Gasteiger partial charge in [-0.25, -0.2) is 9.78 Å². The highest BCUT2D eigenvalue weighted by atomic mass is 35.5. The topological polar surface area (TPSA) is 61.2 Å². The summed E-state index contributed by atoms with van der Waals surface area (Å²) in [6, 6.07) is 2.88. The van der Waals surface area contributed by atoms with Gasteiger partial charge in [-0.3, -0.25) is 4.79 Å². The van der Waals surface area contributed by atoms with Gasteiger partial charge in [-0.2, -0.15) is 0 Å². The van der Waals surface area contributed by atoms with E-state index in [1.165, 1.54) is 10.8 Å². The van der Waals surface area contributed by atoms with Crippen LogP contribution in [0.3, 0.4) is 0 Å². The molecule has 1 aliphatic rings. The third kappa shape index (κ3) is 2.30. The number of carbonyl (C=O) groups excluding carboxylic acids is 2. The van der Waals surface area contributed by atoms with E-state index in [4.69, 9.17) is 27.9 Å². The van der Waals surface area contributed by atoms with Crippen molar-refractivity contribution in [2.45, 2.75) is 19.4 Å². The summed E-state index contributed by atoms with van der Waals surface area (Å²) in [6.45, 7) is 1.95. The third-order valence-corrected chi connectivity index (χ3v) is 4.41. The van der Waals surface area contributed by atoms with Crippen molar-refractivity contribution in [1.29, 1.82) is 0 Å². The van der Waals surface area contributed by atoms with Crippen molar-refractivity contribution in [2.24, 2.45) is 0 Å². The quantitative estimate of drug-likeness (QED) is 0.805. The first kappa shape index (κ1) is 15.1. The average molecular weight is 339 g/mol. The Kier molecular flexibility index (Phi) is 3.93. The molecule has 22 heavy (non-hydrogen) atoms. The molecule has 0 radical (unpaired) electrons. The van der Waals surface area contributed by atoms with Crippen molar-refractivity contribution in [2.75, 3.05) is 6.61 Å². The minimum absolute atomic E-state index is 0.107. The molecule has 1 unspecified atom stereocenters. The van der Waals surface area contributed by atoms with Crippen molar-refractivity contribution >= 4 is 35.0 Å². The zero-order chi connectivity index (χ0) is 15.9. The number of halogens is 2. The van der Waals surface area contributed by atoms with E-state index in [9.17, 15) is 9.59 Å². The van der Waals surface area contributed by atoms with E-state index >= 15 is 0 Å². The summed E-state index contributed by atoms with van der Waals surface area (Å²) < 4.78 is 6.49. The van der Waals surface area contributed by atoms with Crippen LogP contribution in [-0.4, -0.2) is 27.9 Å². The van der Waals surface area contributed by atoms with Crippen LogP contribution in [0.1, 0.15) is 39.5 Å². The molecule has 0 fully saturated rings. The minimum Gasteiger partial charge on any atom is -0.460 e. The highest BCUT2D eigenvalue weighted by Gasteiger charge is 2.36. The van der Waals surface area contributed by atoms with Gasteiger partial charge in [0.15, 0.2) is 5.78 Å². The molecule has 0 N–H and O–H groups in total. The normalized spacial score (nSPS) is 16.7. The summed E-state index contributed by atoms with van der Waals surface area (Å²) in [5.41, 5.74) is 1.23. The number of hydrogen-bond acceptors (Lipinski definition) is 4.